The van der Waals surface area contributed by atoms with Gasteiger partial charge in [0.1, 0.15) is 4.88 Å². The Balaban J connectivity index is 2.12. The van der Waals surface area contributed by atoms with E-state index in [9.17, 15) is 9.59 Å². The highest BCUT2D eigenvalue weighted by atomic mass is 32.1. The van der Waals surface area contributed by atoms with Crippen LogP contribution in [0.5, 0.6) is 0 Å². The quantitative estimate of drug-likeness (QED) is 0.858. The summed E-state index contributed by atoms with van der Waals surface area (Å²) in [6, 6.07) is 0. The first kappa shape index (κ1) is 13.0. The van der Waals surface area contributed by atoms with Gasteiger partial charge < -0.3 is 14.7 Å². The molecule has 1 aromatic rings. The molecule has 1 fully saturated rings. The zero-order valence-electron chi connectivity index (χ0n) is 10.1. The number of morpholine rings is 1. The van der Waals surface area contributed by atoms with Crippen molar-refractivity contribution in [3.8, 4) is 0 Å². The molecule has 0 spiro atoms. The van der Waals surface area contributed by atoms with Gasteiger partial charge in [0.25, 0.3) is 5.91 Å². The predicted molar refractivity (Wildman–Crippen MR) is 64.7 cm³/mol. The van der Waals surface area contributed by atoms with Crippen molar-refractivity contribution in [1.82, 2.24) is 9.88 Å². The van der Waals surface area contributed by atoms with E-state index in [0.29, 0.717) is 11.4 Å². The van der Waals surface area contributed by atoms with E-state index >= 15 is 0 Å². The third kappa shape index (κ3) is 2.68. The van der Waals surface area contributed by atoms with Gasteiger partial charge in [-0.2, -0.15) is 0 Å². The van der Waals surface area contributed by atoms with Crippen molar-refractivity contribution < 1.29 is 19.4 Å². The topological polar surface area (TPSA) is 79.7 Å². The van der Waals surface area contributed by atoms with Crippen LogP contribution in [0.1, 0.15) is 21.6 Å². The van der Waals surface area contributed by atoms with Crippen LogP contribution >= 0.6 is 11.3 Å². The first-order valence-electron chi connectivity index (χ1n) is 5.57. The number of ether oxygens (including phenoxy) is 1. The number of carboxylic acids is 1. The fraction of sp³-hybridized carbons (Fsp3) is 0.545. The minimum atomic E-state index is -1.04. The Morgan fingerprint density at radius 2 is 2.28 bits per heavy atom. The largest absolute Gasteiger partial charge is 0.479 e. The molecule has 0 saturated carbocycles. The van der Waals surface area contributed by atoms with Crippen LogP contribution in [0.25, 0.3) is 0 Å². The molecule has 98 valence electrons. The molecule has 7 heteroatoms. The number of carbonyl (C=O) groups excluding carboxylic acids is 1. The number of carboxylic acid groups (broad SMARTS) is 1. The van der Waals surface area contributed by atoms with Crippen LogP contribution in [-0.4, -0.2) is 52.2 Å². The van der Waals surface area contributed by atoms with Crippen molar-refractivity contribution in [2.24, 2.45) is 0 Å². The highest BCUT2D eigenvalue weighted by Crippen LogP contribution is 2.18. The van der Waals surface area contributed by atoms with Crippen molar-refractivity contribution in [1.29, 1.82) is 0 Å². The fourth-order valence-electron chi connectivity index (χ4n) is 1.87. The van der Waals surface area contributed by atoms with Crippen LogP contribution < -0.4 is 0 Å². The van der Waals surface area contributed by atoms with Crippen molar-refractivity contribution >= 4 is 23.2 Å². The monoisotopic (exact) mass is 270 g/mol. The number of nitrogens with zero attached hydrogens (tertiary/aromatic N) is 2. The molecule has 0 aliphatic carbocycles. The van der Waals surface area contributed by atoms with Crippen LogP contribution in [0.4, 0.5) is 0 Å². The molecule has 1 saturated heterocycles. The van der Waals surface area contributed by atoms with Gasteiger partial charge in [0, 0.05) is 6.54 Å². The molecule has 6 nitrogen and oxygen atoms in total. The number of rotatable bonds is 2. The number of aliphatic carboxylic acids is 1. The zero-order chi connectivity index (χ0) is 13.3. The summed E-state index contributed by atoms with van der Waals surface area (Å²) >= 11 is 1.31. The van der Waals surface area contributed by atoms with Crippen LogP contribution in [0.3, 0.4) is 0 Å². The Labute approximate surface area is 108 Å². The molecule has 0 bridgehead atoms. The number of hydrogen-bond acceptors (Lipinski definition) is 5. The van der Waals surface area contributed by atoms with Crippen LogP contribution in [0.2, 0.25) is 0 Å². The van der Waals surface area contributed by atoms with Gasteiger partial charge >= 0.3 is 5.97 Å². The SMILES string of the molecule is Cc1ncc(C(=O)N2CC(C(=O)O)O[C@H](C)C2)s1. The number of aromatic nitrogens is 1. The van der Waals surface area contributed by atoms with Gasteiger partial charge in [-0.1, -0.05) is 0 Å². The second-order valence-electron chi connectivity index (χ2n) is 4.23. The van der Waals surface area contributed by atoms with E-state index in [1.807, 2.05) is 6.92 Å². The van der Waals surface area contributed by atoms with Crippen LogP contribution in [0, 0.1) is 6.92 Å². The zero-order valence-corrected chi connectivity index (χ0v) is 10.9. The van der Waals surface area contributed by atoms with Gasteiger partial charge in [-0.3, -0.25) is 4.79 Å². The minimum Gasteiger partial charge on any atom is -0.479 e. The molecule has 1 amide bonds. The summed E-state index contributed by atoms with van der Waals surface area (Å²) in [6.07, 6.45) is 0.294. The van der Waals surface area contributed by atoms with Gasteiger partial charge in [0.15, 0.2) is 6.10 Å². The number of carbonyl (C=O) groups is 2. The maximum atomic E-state index is 12.2. The summed E-state index contributed by atoms with van der Waals surface area (Å²) in [5.41, 5.74) is 0. The maximum Gasteiger partial charge on any atom is 0.334 e. The molecular formula is C11H14N2O4S. The van der Waals surface area contributed by atoms with Crippen molar-refractivity contribution in [2.75, 3.05) is 13.1 Å². The van der Waals surface area contributed by atoms with E-state index in [4.69, 9.17) is 9.84 Å². The third-order valence-corrected chi connectivity index (χ3v) is 3.56. The third-order valence-electron chi connectivity index (χ3n) is 2.65. The van der Waals surface area contributed by atoms with Crippen molar-refractivity contribution in [2.45, 2.75) is 26.1 Å². The molecule has 2 heterocycles. The summed E-state index contributed by atoms with van der Waals surface area (Å²) in [6.45, 7) is 4.06. The molecular weight excluding hydrogens is 256 g/mol. The first-order chi connectivity index (χ1) is 8.47. The summed E-state index contributed by atoms with van der Waals surface area (Å²) < 4.78 is 5.26. The highest BCUT2D eigenvalue weighted by Gasteiger charge is 2.33. The van der Waals surface area contributed by atoms with E-state index < -0.39 is 12.1 Å². The Morgan fingerprint density at radius 1 is 1.56 bits per heavy atom. The first-order valence-corrected chi connectivity index (χ1v) is 6.39. The van der Waals surface area contributed by atoms with Gasteiger partial charge in [0.05, 0.1) is 23.9 Å². The van der Waals surface area contributed by atoms with Crippen molar-refractivity contribution in [3.05, 3.63) is 16.1 Å². The number of amides is 1. The van der Waals surface area contributed by atoms with E-state index in [0.717, 1.165) is 5.01 Å². The molecule has 1 aromatic heterocycles. The molecule has 2 atom stereocenters. The molecule has 1 aliphatic heterocycles. The molecule has 1 unspecified atom stereocenters. The number of aryl methyl sites for hydroxylation is 1. The smallest absolute Gasteiger partial charge is 0.334 e. The van der Waals surface area contributed by atoms with Crippen LogP contribution in [0.15, 0.2) is 6.20 Å². The molecule has 1 aliphatic rings. The Morgan fingerprint density at radius 3 is 2.83 bits per heavy atom. The lowest BCUT2D eigenvalue weighted by atomic mass is 10.2. The summed E-state index contributed by atoms with van der Waals surface area (Å²) in [7, 11) is 0. The summed E-state index contributed by atoms with van der Waals surface area (Å²) in [5, 5.41) is 9.77. The molecule has 2 rings (SSSR count). The predicted octanol–water partition coefficient (Wildman–Crippen LogP) is 0.766. The Hall–Kier alpha value is -1.47. The lowest BCUT2D eigenvalue weighted by molar-refractivity contribution is -0.160. The van der Waals surface area contributed by atoms with E-state index in [2.05, 4.69) is 4.98 Å². The summed E-state index contributed by atoms with van der Waals surface area (Å²) in [4.78, 5) is 29.2. The average Bonchev–Trinajstić information content (AvgIpc) is 2.74. The maximum absolute atomic E-state index is 12.2. The second-order valence-corrected chi connectivity index (χ2v) is 5.46. The van der Waals surface area contributed by atoms with Gasteiger partial charge in [-0.15, -0.1) is 11.3 Å². The van der Waals surface area contributed by atoms with E-state index in [1.54, 1.807) is 6.92 Å². The lowest BCUT2D eigenvalue weighted by Gasteiger charge is -2.34. The number of thiazole rings is 1. The molecule has 18 heavy (non-hydrogen) atoms. The Bertz CT molecular complexity index is 473. The average molecular weight is 270 g/mol. The Kier molecular flexibility index (Phi) is 3.63. The van der Waals surface area contributed by atoms with Gasteiger partial charge in [-0.25, -0.2) is 9.78 Å². The highest BCUT2D eigenvalue weighted by molar-refractivity contribution is 7.13. The normalized spacial score (nSPS) is 24.0. The molecule has 0 aromatic carbocycles. The number of hydrogen-bond donors (Lipinski definition) is 1. The van der Waals surface area contributed by atoms with Crippen molar-refractivity contribution in [3.63, 3.8) is 0 Å². The van der Waals surface area contributed by atoms with Gasteiger partial charge in [0.2, 0.25) is 0 Å². The summed E-state index contributed by atoms with van der Waals surface area (Å²) in [5.74, 6) is -1.22. The van der Waals surface area contributed by atoms with E-state index in [1.165, 1.54) is 22.4 Å². The standard InChI is InChI=1S/C11H14N2O4S/c1-6-4-13(5-8(17-6)11(15)16)10(14)9-3-12-7(2)18-9/h3,6,8H,4-5H2,1-2H3,(H,15,16)/t6-,8?/m1/s1. The van der Waals surface area contributed by atoms with Gasteiger partial charge in [-0.05, 0) is 13.8 Å². The molecule has 1 N–H and O–H groups in total. The second kappa shape index (κ2) is 5.03. The lowest BCUT2D eigenvalue weighted by Crippen LogP contribution is -2.51. The minimum absolute atomic E-state index is 0.0788. The van der Waals surface area contributed by atoms with E-state index in [-0.39, 0.29) is 18.6 Å². The van der Waals surface area contributed by atoms with Crippen LogP contribution in [-0.2, 0) is 9.53 Å². The molecule has 0 radical (unpaired) electrons. The fourth-order valence-corrected chi connectivity index (χ4v) is 2.62.